The van der Waals surface area contributed by atoms with Crippen molar-refractivity contribution < 1.29 is 19.2 Å². The van der Waals surface area contributed by atoms with Crippen LogP contribution in [0.3, 0.4) is 0 Å². The third-order valence-electron chi connectivity index (χ3n) is 4.93. The number of nitro groups is 1. The molecule has 0 radical (unpaired) electrons. The van der Waals surface area contributed by atoms with Gasteiger partial charge in [-0.05, 0) is 37.5 Å². The van der Waals surface area contributed by atoms with E-state index in [1.54, 1.807) is 13.8 Å². The van der Waals surface area contributed by atoms with Crippen LogP contribution in [0.15, 0.2) is 18.2 Å². The fourth-order valence-corrected chi connectivity index (χ4v) is 3.47. The Labute approximate surface area is 169 Å². The largest absolute Gasteiger partial charge is 0.490 e. The highest BCUT2D eigenvalue weighted by Gasteiger charge is 2.25. The van der Waals surface area contributed by atoms with Crippen LogP contribution in [0.25, 0.3) is 0 Å². The maximum atomic E-state index is 12.7. The molecular formula is C20H26N4O5. The highest BCUT2D eigenvalue weighted by atomic mass is 16.6. The number of hydrogen-bond acceptors (Lipinski definition) is 6. The van der Waals surface area contributed by atoms with Crippen molar-refractivity contribution in [3.8, 4) is 11.5 Å². The van der Waals surface area contributed by atoms with Crippen molar-refractivity contribution >= 4 is 11.6 Å². The van der Waals surface area contributed by atoms with Crippen LogP contribution in [0.4, 0.5) is 5.69 Å². The first-order chi connectivity index (χ1) is 13.8. The number of hydrogen-bond donors (Lipinski definition) is 1. The van der Waals surface area contributed by atoms with Gasteiger partial charge in [0.05, 0.1) is 24.2 Å². The Bertz CT molecular complexity index is 922. The van der Waals surface area contributed by atoms with Crippen LogP contribution in [-0.2, 0) is 11.3 Å². The zero-order valence-corrected chi connectivity index (χ0v) is 17.1. The van der Waals surface area contributed by atoms with Crippen molar-refractivity contribution in [2.24, 2.45) is 5.92 Å². The molecule has 1 aromatic heterocycles. The second kappa shape index (κ2) is 8.50. The summed E-state index contributed by atoms with van der Waals surface area (Å²) in [5.74, 6) is 1.24. The van der Waals surface area contributed by atoms with Gasteiger partial charge in [0, 0.05) is 6.42 Å². The van der Waals surface area contributed by atoms with E-state index >= 15 is 0 Å². The number of rotatable bonds is 6. The van der Waals surface area contributed by atoms with Gasteiger partial charge >= 0.3 is 5.69 Å². The molecule has 0 bridgehead atoms. The standard InChI is InChI=1S/C20H26N4O5/c1-12(2)19(15-6-7-16-17(10-15)29-9-5-8-28-16)21-18(25)11-23-14(4)20(24(26)27)13(3)22-23/h6-7,10,12,19H,5,8-9,11H2,1-4H3,(H,21,25). The van der Waals surface area contributed by atoms with Gasteiger partial charge in [-0.2, -0.15) is 5.10 Å². The summed E-state index contributed by atoms with van der Waals surface area (Å²) in [5, 5.41) is 18.3. The Hall–Kier alpha value is -3.10. The minimum atomic E-state index is -0.471. The molecular weight excluding hydrogens is 376 g/mol. The van der Waals surface area contributed by atoms with Crippen LogP contribution in [0.1, 0.15) is 43.3 Å². The van der Waals surface area contributed by atoms with Gasteiger partial charge in [0.15, 0.2) is 11.5 Å². The third-order valence-corrected chi connectivity index (χ3v) is 4.93. The second-order valence-corrected chi connectivity index (χ2v) is 7.48. The summed E-state index contributed by atoms with van der Waals surface area (Å²) in [5.41, 5.74) is 1.51. The van der Waals surface area contributed by atoms with E-state index in [9.17, 15) is 14.9 Å². The van der Waals surface area contributed by atoms with Gasteiger partial charge in [0.2, 0.25) is 5.91 Å². The van der Waals surface area contributed by atoms with E-state index in [1.807, 2.05) is 32.0 Å². The third kappa shape index (κ3) is 4.49. The van der Waals surface area contributed by atoms with Crippen molar-refractivity contribution in [2.75, 3.05) is 13.2 Å². The summed E-state index contributed by atoms with van der Waals surface area (Å²) in [6.45, 7) is 8.30. The molecule has 9 nitrogen and oxygen atoms in total. The van der Waals surface area contributed by atoms with Crippen LogP contribution in [0.2, 0.25) is 0 Å². The molecule has 0 aliphatic carbocycles. The van der Waals surface area contributed by atoms with Gasteiger partial charge in [-0.1, -0.05) is 19.9 Å². The van der Waals surface area contributed by atoms with Crippen LogP contribution >= 0.6 is 0 Å². The summed E-state index contributed by atoms with van der Waals surface area (Å²) in [6, 6.07) is 5.44. The Kier molecular flexibility index (Phi) is 6.05. The van der Waals surface area contributed by atoms with E-state index in [-0.39, 0.29) is 30.1 Å². The molecule has 3 rings (SSSR count). The van der Waals surface area contributed by atoms with Crippen molar-refractivity contribution in [1.29, 1.82) is 0 Å². The number of fused-ring (bicyclic) bond motifs is 1. The molecule has 1 unspecified atom stereocenters. The summed E-state index contributed by atoms with van der Waals surface area (Å²) < 4.78 is 12.8. The molecule has 0 spiro atoms. The molecule has 1 aromatic carbocycles. The normalized spacial score (nSPS) is 14.4. The number of carbonyl (C=O) groups excluding carboxylic acids is 1. The lowest BCUT2D eigenvalue weighted by Gasteiger charge is -2.24. The number of aromatic nitrogens is 2. The first-order valence-electron chi connectivity index (χ1n) is 9.65. The van der Waals surface area contributed by atoms with Crippen LogP contribution in [0.5, 0.6) is 11.5 Å². The summed E-state index contributed by atoms with van der Waals surface area (Å²) in [7, 11) is 0. The van der Waals surface area contributed by atoms with Gasteiger partial charge in [-0.25, -0.2) is 0 Å². The van der Waals surface area contributed by atoms with Crippen molar-refractivity contribution in [3.05, 3.63) is 45.3 Å². The van der Waals surface area contributed by atoms with E-state index in [2.05, 4.69) is 10.4 Å². The highest BCUT2D eigenvalue weighted by molar-refractivity contribution is 5.76. The molecule has 0 saturated heterocycles. The minimum Gasteiger partial charge on any atom is -0.490 e. The quantitative estimate of drug-likeness (QED) is 0.587. The molecule has 1 aliphatic rings. The molecule has 1 N–H and O–H groups in total. The number of aryl methyl sites for hydroxylation is 1. The lowest BCUT2D eigenvalue weighted by Crippen LogP contribution is -2.34. The number of benzene rings is 1. The van der Waals surface area contributed by atoms with Crippen LogP contribution in [0, 0.1) is 29.9 Å². The summed E-state index contributed by atoms with van der Waals surface area (Å²) in [6.07, 6.45) is 0.823. The number of ether oxygens (including phenoxy) is 2. The lowest BCUT2D eigenvalue weighted by molar-refractivity contribution is -0.386. The predicted molar refractivity (Wildman–Crippen MR) is 106 cm³/mol. The molecule has 1 aliphatic heterocycles. The second-order valence-electron chi connectivity index (χ2n) is 7.48. The SMILES string of the molecule is Cc1nn(CC(=O)NC(c2ccc3c(c2)OCCCO3)C(C)C)c(C)c1[N+](=O)[O-]. The fraction of sp³-hybridized carbons (Fsp3) is 0.500. The molecule has 1 amide bonds. The predicted octanol–water partition coefficient (Wildman–Crippen LogP) is 3.08. The molecule has 0 saturated carbocycles. The number of amides is 1. The first kappa shape index (κ1) is 20.6. The monoisotopic (exact) mass is 402 g/mol. The number of nitrogens with zero attached hydrogens (tertiary/aromatic N) is 3. The van der Waals surface area contributed by atoms with Crippen molar-refractivity contribution in [3.63, 3.8) is 0 Å². The zero-order valence-electron chi connectivity index (χ0n) is 17.1. The summed E-state index contributed by atoms with van der Waals surface area (Å²) in [4.78, 5) is 23.4. The molecule has 156 valence electrons. The van der Waals surface area contributed by atoms with Gasteiger partial charge in [0.1, 0.15) is 17.9 Å². The van der Waals surface area contributed by atoms with Gasteiger partial charge < -0.3 is 14.8 Å². The zero-order chi connectivity index (χ0) is 21.1. The Morgan fingerprint density at radius 1 is 1.28 bits per heavy atom. The van der Waals surface area contributed by atoms with Gasteiger partial charge in [-0.15, -0.1) is 0 Å². The maximum Gasteiger partial charge on any atom is 0.312 e. The summed E-state index contributed by atoms with van der Waals surface area (Å²) >= 11 is 0. The maximum absolute atomic E-state index is 12.7. The average molecular weight is 402 g/mol. The van der Waals surface area contributed by atoms with Gasteiger partial charge in [-0.3, -0.25) is 19.6 Å². The van der Waals surface area contributed by atoms with Crippen LogP contribution < -0.4 is 14.8 Å². The molecule has 2 aromatic rings. The average Bonchev–Trinajstić information content (AvgIpc) is 2.82. The van der Waals surface area contributed by atoms with Crippen molar-refractivity contribution in [2.45, 2.75) is 46.7 Å². The smallest absolute Gasteiger partial charge is 0.312 e. The van der Waals surface area contributed by atoms with Gasteiger partial charge in [0.25, 0.3) is 0 Å². The lowest BCUT2D eigenvalue weighted by atomic mass is 9.95. The molecule has 2 heterocycles. The molecule has 29 heavy (non-hydrogen) atoms. The molecule has 1 atom stereocenters. The van der Waals surface area contributed by atoms with E-state index in [0.29, 0.717) is 36.1 Å². The Morgan fingerprint density at radius 2 is 1.97 bits per heavy atom. The molecule has 9 heteroatoms. The van der Waals surface area contributed by atoms with E-state index in [0.717, 1.165) is 12.0 Å². The van der Waals surface area contributed by atoms with Crippen molar-refractivity contribution in [1.82, 2.24) is 15.1 Å². The highest BCUT2D eigenvalue weighted by Crippen LogP contribution is 2.34. The Morgan fingerprint density at radius 3 is 2.59 bits per heavy atom. The Balaban J connectivity index is 1.78. The van der Waals surface area contributed by atoms with E-state index in [1.165, 1.54) is 4.68 Å². The minimum absolute atomic E-state index is 0.0545. The van der Waals surface area contributed by atoms with E-state index < -0.39 is 4.92 Å². The first-order valence-corrected chi connectivity index (χ1v) is 9.65. The number of carbonyl (C=O) groups is 1. The topological polar surface area (TPSA) is 109 Å². The van der Waals surface area contributed by atoms with Crippen LogP contribution in [-0.4, -0.2) is 33.8 Å². The van der Waals surface area contributed by atoms with E-state index in [4.69, 9.17) is 9.47 Å². The fourth-order valence-electron chi connectivity index (χ4n) is 3.47. The number of nitrogens with one attached hydrogen (secondary N) is 1. The molecule has 0 fully saturated rings.